The van der Waals surface area contributed by atoms with E-state index in [0.29, 0.717) is 29.9 Å². The second kappa shape index (κ2) is 11.5. The van der Waals surface area contributed by atoms with Crippen LogP contribution in [0.1, 0.15) is 35.6 Å². The number of aliphatic carboxylic acids is 1. The summed E-state index contributed by atoms with van der Waals surface area (Å²) in [7, 11) is 0. The molecule has 0 aliphatic carbocycles. The van der Waals surface area contributed by atoms with E-state index in [-0.39, 0.29) is 18.6 Å². The van der Waals surface area contributed by atoms with E-state index >= 15 is 0 Å². The number of alkyl halides is 3. The van der Waals surface area contributed by atoms with Crippen LogP contribution in [0.15, 0.2) is 78.0 Å². The zero-order chi connectivity index (χ0) is 24.6. The zero-order valence-electron chi connectivity index (χ0n) is 18.6. The molecule has 0 heterocycles. The Hall–Kier alpha value is -3.65. The highest BCUT2D eigenvalue weighted by atomic mass is 19.4. The smallest absolute Gasteiger partial charge is 0.416 e. The third-order valence-electron chi connectivity index (χ3n) is 5.16. The Morgan fingerprint density at radius 1 is 1.00 bits per heavy atom. The van der Waals surface area contributed by atoms with E-state index in [2.05, 4.69) is 10.5 Å². The summed E-state index contributed by atoms with van der Waals surface area (Å²) in [5, 5.41) is 15.7. The molecule has 3 aromatic carbocycles. The van der Waals surface area contributed by atoms with E-state index in [1.54, 1.807) is 37.3 Å². The summed E-state index contributed by atoms with van der Waals surface area (Å²) >= 11 is 0. The molecule has 0 spiro atoms. The lowest BCUT2D eigenvalue weighted by molar-refractivity contribution is -0.139. The first-order valence-corrected chi connectivity index (χ1v) is 10.7. The number of halogens is 3. The average molecular weight is 470 g/mol. The van der Waals surface area contributed by atoms with Crippen molar-refractivity contribution in [2.45, 2.75) is 32.7 Å². The second-order valence-corrected chi connectivity index (χ2v) is 7.70. The number of carboxylic acid groups (broad SMARTS) is 1. The van der Waals surface area contributed by atoms with Crippen LogP contribution in [0.3, 0.4) is 0 Å². The topological polar surface area (TPSA) is 70.9 Å². The van der Waals surface area contributed by atoms with Gasteiger partial charge in [-0.1, -0.05) is 71.9 Å². The quantitative estimate of drug-likeness (QED) is 0.221. The molecule has 0 aliphatic rings. The molecular weight excluding hydrogens is 445 g/mol. The van der Waals surface area contributed by atoms with Gasteiger partial charge >= 0.3 is 12.1 Å². The maximum atomic E-state index is 13.7. The normalized spacial score (nSPS) is 11.9. The van der Waals surface area contributed by atoms with Gasteiger partial charge in [0.05, 0.1) is 17.7 Å². The Kier molecular flexibility index (Phi) is 8.43. The van der Waals surface area contributed by atoms with Crippen molar-refractivity contribution in [3.63, 3.8) is 0 Å². The minimum Gasteiger partial charge on any atom is -0.481 e. The lowest BCUT2D eigenvalue weighted by Crippen LogP contribution is -2.17. The zero-order valence-corrected chi connectivity index (χ0v) is 18.6. The maximum absolute atomic E-state index is 13.7. The summed E-state index contributed by atoms with van der Waals surface area (Å²) in [6.45, 7) is 2.30. The number of hydrogen-bond donors (Lipinski definition) is 2. The molecule has 2 N–H and O–H groups in total. The van der Waals surface area contributed by atoms with E-state index in [9.17, 15) is 18.0 Å². The molecule has 0 amide bonds. The number of nitrogens with zero attached hydrogens (tertiary/aromatic N) is 1. The number of carboxylic acids is 1. The fourth-order valence-corrected chi connectivity index (χ4v) is 3.32. The molecule has 0 aromatic heterocycles. The first kappa shape index (κ1) is 25.0. The van der Waals surface area contributed by atoms with Gasteiger partial charge in [-0.3, -0.25) is 4.79 Å². The predicted molar refractivity (Wildman–Crippen MR) is 124 cm³/mol. The Morgan fingerprint density at radius 3 is 2.35 bits per heavy atom. The van der Waals surface area contributed by atoms with Crippen LogP contribution in [0.5, 0.6) is 0 Å². The predicted octanol–water partition coefficient (Wildman–Crippen LogP) is 5.88. The van der Waals surface area contributed by atoms with Crippen molar-refractivity contribution >= 4 is 11.7 Å². The van der Waals surface area contributed by atoms with Gasteiger partial charge in [0, 0.05) is 18.7 Å². The molecule has 3 rings (SSSR count). The molecule has 0 fully saturated rings. The van der Waals surface area contributed by atoms with Gasteiger partial charge in [0.1, 0.15) is 6.61 Å². The summed E-state index contributed by atoms with van der Waals surface area (Å²) in [6.07, 6.45) is -4.47. The van der Waals surface area contributed by atoms with Gasteiger partial charge < -0.3 is 15.3 Å². The number of hydrogen-bond acceptors (Lipinski definition) is 4. The van der Waals surface area contributed by atoms with Gasteiger partial charge in [-0.05, 0) is 35.2 Å². The molecule has 5 nitrogen and oxygen atoms in total. The van der Waals surface area contributed by atoms with Gasteiger partial charge in [-0.15, -0.1) is 0 Å². The third kappa shape index (κ3) is 7.18. The second-order valence-electron chi connectivity index (χ2n) is 7.70. The van der Waals surface area contributed by atoms with Crippen molar-refractivity contribution in [3.05, 3.63) is 95.1 Å². The number of rotatable bonds is 10. The molecule has 0 aliphatic heterocycles. The lowest BCUT2D eigenvalue weighted by atomic mass is 9.99. The molecule has 3 aromatic rings. The summed E-state index contributed by atoms with van der Waals surface area (Å²) < 4.78 is 41.0. The molecule has 178 valence electrons. The van der Waals surface area contributed by atoms with E-state index < -0.39 is 17.7 Å². The van der Waals surface area contributed by atoms with Crippen LogP contribution in [-0.4, -0.2) is 23.3 Å². The summed E-state index contributed by atoms with van der Waals surface area (Å²) in [5.74, 6) is -0.857. The minimum absolute atomic E-state index is 0.00603. The van der Waals surface area contributed by atoms with Crippen LogP contribution in [0, 0.1) is 0 Å². The molecular formula is C26H25F3N2O3. The molecule has 0 saturated heterocycles. The third-order valence-corrected chi connectivity index (χ3v) is 5.16. The maximum Gasteiger partial charge on any atom is 0.416 e. The summed E-state index contributed by atoms with van der Waals surface area (Å²) in [4.78, 5) is 15.8. The van der Waals surface area contributed by atoms with Crippen LogP contribution in [0.25, 0.3) is 11.1 Å². The molecule has 34 heavy (non-hydrogen) atoms. The Labute approximate surface area is 195 Å². The molecule has 0 saturated carbocycles. The standard InChI is InChI=1S/C26H25F3N2O3/c1-18(20-9-7-19(8-10-20)16-30-14-13-25(32)33)31-34-17-23-12-11-22(15-24(23)26(27,28)29)21-5-3-2-4-6-21/h2-12,15,30H,13-14,16-17H2,1H3,(H,32,33)/b31-18+. The first-order valence-electron chi connectivity index (χ1n) is 10.7. The molecule has 0 bridgehead atoms. The lowest BCUT2D eigenvalue weighted by Gasteiger charge is -2.14. The van der Waals surface area contributed by atoms with E-state index in [4.69, 9.17) is 9.94 Å². The van der Waals surface area contributed by atoms with Crippen LogP contribution < -0.4 is 5.32 Å². The van der Waals surface area contributed by atoms with Crippen LogP contribution >= 0.6 is 0 Å². The largest absolute Gasteiger partial charge is 0.481 e. The first-order chi connectivity index (χ1) is 16.2. The Bertz CT molecular complexity index is 1130. The highest BCUT2D eigenvalue weighted by Crippen LogP contribution is 2.35. The van der Waals surface area contributed by atoms with Crippen LogP contribution in [0.4, 0.5) is 13.2 Å². The minimum atomic E-state index is -4.52. The summed E-state index contributed by atoms with van der Waals surface area (Å²) in [6, 6.07) is 20.5. The van der Waals surface area contributed by atoms with Crippen molar-refractivity contribution in [3.8, 4) is 11.1 Å². The Balaban J connectivity index is 1.64. The van der Waals surface area contributed by atoms with Gasteiger partial charge in [0.2, 0.25) is 0 Å². The van der Waals surface area contributed by atoms with Gasteiger partial charge in [0.15, 0.2) is 0 Å². The van der Waals surface area contributed by atoms with E-state index in [0.717, 1.165) is 17.2 Å². The van der Waals surface area contributed by atoms with E-state index in [1.165, 1.54) is 6.07 Å². The van der Waals surface area contributed by atoms with Gasteiger partial charge in [-0.2, -0.15) is 13.2 Å². The van der Waals surface area contributed by atoms with Crippen molar-refractivity contribution in [2.24, 2.45) is 5.16 Å². The van der Waals surface area contributed by atoms with Crippen LogP contribution in [-0.2, 0) is 29.0 Å². The highest BCUT2D eigenvalue weighted by molar-refractivity contribution is 5.98. The van der Waals surface area contributed by atoms with Crippen LogP contribution in [0.2, 0.25) is 0 Å². The van der Waals surface area contributed by atoms with Crippen molar-refractivity contribution in [2.75, 3.05) is 6.54 Å². The fourth-order valence-electron chi connectivity index (χ4n) is 3.32. The van der Waals surface area contributed by atoms with Crippen molar-refractivity contribution in [1.82, 2.24) is 5.32 Å². The number of carbonyl (C=O) groups is 1. The highest BCUT2D eigenvalue weighted by Gasteiger charge is 2.33. The van der Waals surface area contributed by atoms with Gasteiger partial charge in [0.25, 0.3) is 0 Å². The Morgan fingerprint density at radius 2 is 1.71 bits per heavy atom. The monoisotopic (exact) mass is 470 g/mol. The molecule has 0 radical (unpaired) electrons. The molecule has 0 atom stereocenters. The number of nitrogens with one attached hydrogen (secondary N) is 1. The molecule has 8 heteroatoms. The number of oxime groups is 1. The van der Waals surface area contributed by atoms with Crippen molar-refractivity contribution < 1.29 is 27.9 Å². The van der Waals surface area contributed by atoms with Crippen molar-refractivity contribution in [1.29, 1.82) is 0 Å². The summed E-state index contributed by atoms with van der Waals surface area (Å²) in [5.41, 5.74) is 2.71. The van der Waals surface area contributed by atoms with Gasteiger partial charge in [-0.25, -0.2) is 0 Å². The average Bonchev–Trinajstić information content (AvgIpc) is 2.82. The SMILES string of the molecule is C/C(=N\OCc1ccc(-c2ccccc2)cc1C(F)(F)F)c1ccc(CNCCC(=O)O)cc1. The molecule has 0 unspecified atom stereocenters. The number of benzene rings is 3. The van der Waals surface area contributed by atoms with E-state index in [1.807, 2.05) is 30.3 Å². The fraction of sp³-hybridized carbons (Fsp3) is 0.231.